The predicted octanol–water partition coefficient (Wildman–Crippen LogP) is 21.0. The first-order chi connectivity index (χ1) is 35.0. The molecule has 0 saturated heterocycles. The van der Waals surface area contributed by atoms with E-state index in [-0.39, 0.29) is 31.1 Å². The van der Waals surface area contributed by atoms with E-state index in [0.717, 1.165) is 77.0 Å². The smallest absolute Gasteiger partial charge is 0.306 e. The van der Waals surface area contributed by atoms with Crippen molar-refractivity contribution >= 4 is 17.9 Å². The van der Waals surface area contributed by atoms with Crippen molar-refractivity contribution in [2.75, 3.05) is 13.2 Å². The molecule has 414 valence electrons. The van der Waals surface area contributed by atoms with Crippen LogP contribution in [-0.4, -0.2) is 37.2 Å². The van der Waals surface area contributed by atoms with Gasteiger partial charge in [0.25, 0.3) is 0 Å². The van der Waals surface area contributed by atoms with Crippen molar-refractivity contribution in [1.82, 2.24) is 0 Å². The molecule has 0 aromatic heterocycles. The SMILES string of the molecule is CCCCCCC/C=C\C/C=C\C/C=C\CCCCCCCCCCCCCCC(=O)OCC(COC(=O)CCCCCCCCCCCC)OC(=O)CCCCCCC/C=C\CCCCCCCCC. The fourth-order valence-corrected chi connectivity index (χ4v) is 9.09. The minimum Gasteiger partial charge on any atom is -0.462 e. The molecule has 71 heavy (non-hydrogen) atoms. The second kappa shape index (κ2) is 59.9. The summed E-state index contributed by atoms with van der Waals surface area (Å²) in [5.41, 5.74) is 0. The molecular formula is C65H118O6. The number of hydrogen-bond acceptors (Lipinski definition) is 6. The van der Waals surface area contributed by atoms with E-state index in [0.29, 0.717) is 19.3 Å². The Balaban J connectivity index is 4.19. The lowest BCUT2D eigenvalue weighted by atomic mass is 10.0. The highest BCUT2D eigenvalue weighted by atomic mass is 16.6. The van der Waals surface area contributed by atoms with E-state index in [1.807, 2.05) is 0 Å². The van der Waals surface area contributed by atoms with E-state index in [4.69, 9.17) is 14.2 Å². The van der Waals surface area contributed by atoms with Crippen LogP contribution in [0.5, 0.6) is 0 Å². The summed E-state index contributed by atoms with van der Waals surface area (Å²) >= 11 is 0. The molecule has 0 aliphatic heterocycles. The minimum absolute atomic E-state index is 0.0734. The summed E-state index contributed by atoms with van der Waals surface area (Å²) in [4.78, 5) is 38.1. The van der Waals surface area contributed by atoms with Gasteiger partial charge in [-0.2, -0.15) is 0 Å². The predicted molar refractivity (Wildman–Crippen MR) is 307 cm³/mol. The van der Waals surface area contributed by atoms with Gasteiger partial charge in [-0.3, -0.25) is 14.4 Å². The summed E-state index contributed by atoms with van der Waals surface area (Å²) < 4.78 is 16.9. The van der Waals surface area contributed by atoms with Crippen molar-refractivity contribution in [3.63, 3.8) is 0 Å². The Bertz CT molecular complexity index is 1230. The van der Waals surface area contributed by atoms with Crippen molar-refractivity contribution in [1.29, 1.82) is 0 Å². The standard InChI is InChI=1S/C65H118O6/c1-4-7-10-13-16-19-22-24-26-28-29-30-31-32-33-34-35-36-37-38-40-41-43-46-49-52-55-58-64(67)70-61-62(60-69-63(66)57-54-51-48-45-21-18-15-12-9-6-3)71-65(68)59-56-53-50-47-44-42-39-27-25-23-20-17-14-11-8-5-2/h22,24,27-29,31-32,39,62H,4-21,23,25-26,30,33-38,40-61H2,1-3H3/b24-22-,29-28-,32-31-,39-27-. The van der Waals surface area contributed by atoms with Gasteiger partial charge in [-0.15, -0.1) is 0 Å². The molecule has 0 N–H and O–H groups in total. The first-order valence-electron chi connectivity index (χ1n) is 31.1. The van der Waals surface area contributed by atoms with Crippen LogP contribution in [0, 0.1) is 0 Å². The summed E-state index contributed by atoms with van der Waals surface area (Å²) in [6, 6.07) is 0. The molecule has 0 fully saturated rings. The number of unbranched alkanes of at least 4 members (excludes halogenated alkanes) is 38. The van der Waals surface area contributed by atoms with Gasteiger partial charge in [0, 0.05) is 19.3 Å². The van der Waals surface area contributed by atoms with Crippen LogP contribution in [0.25, 0.3) is 0 Å². The van der Waals surface area contributed by atoms with Crippen LogP contribution in [0.3, 0.4) is 0 Å². The second-order valence-corrected chi connectivity index (χ2v) is 21.0. The molecule has 0 aromatic carbocycles. The summed E-state index contributed by atoms with van der Waals surface area (Å²) in [5.74, 6) is -0.869. The summed E-state index contributed by atoms with van der Waals surface area (Å²) in [7, 11) is 0. The maximum Gasteiger partial charge on any atom is 0.306 e. The molecule has 0 aromatic rings. The van der Waals surface area contributed by atoms with Crippen LogP contribution < -0.4 is 0 Å². The number of carbonyl (C=O) groups is 3. The summed E-state index contributed by atoms with van der Waals surface area (Å²) in [5, 5.41) is 0. The Kier molecular flexibility index (Phi) is 57.7. The average molecular weight is 996 g/mol. The van der Waals surface area contributed by atoms with E-state index in [1.54, 1.807) is 0 Å². The van der Waals surface area contributed by atoms with Gasteiger partial charge in [0.15, 0.2) is 6.10 Å². The zero-order valence-corrected chi connectivity index (χ0v) is 47.5. The van der Waals surface area contributed by atoms with E-state index in [2.05, 4.69) is 69.4 Å². The van der Waals surface area contributed by atoms with Crippen molar-refractivity contribution in [2.24, 2.45) is 0 Å². The Hall–Kier alpha value is -2.63. The molecular weight excluding hydrogens is 877 g/mol. The average Bonchev–Trinajstić information content (AvgIpc) is 3.37. The number of allylic oxidation sites excluding steroid dienone is 8. The first-order valence-corrected chi connectivity index (χ1v) is 31.1. The van der Waals surface area contributed by atoms with Gasteiger partial charge < -0.3 is 14.2 Å². The van der Waals surface area contributed by atoms with Crippen LogP contribution in [0.4, 0.5) is 0 Å². The lowest BCUT2D eigenvalue weighted by Gasteiger charge is -2.18. The van der Waals surface area contributed by atoms with Gasteiger partial charge in [-0.1, -0.05) is 275 Å². The van der Waals surface area contributed by atoms with Crippen LogP contribution >= 0.6 is 0 Å². The van der Waals surface area contributed by atoms with Crippen molar-refractivity contribution in [3.8, 4) is 0 Å². The Morgan fingerprint density at radius 3 is 0.803 bits per heavy atom. The zero-order valence-electron chi connectivity index (χ0n) is 47.5. The quantitative estimate of drug-likeness (QED) is 0.0261. The largest absolute Gasteiger partial charge is 0.462 e. The monoisotopic (exact) mass is 995 g/mol. The molecule has 1 atom stereocenters. The van der Waals surface area contributed by atoms with E-state index < -0.39 is 6.10 Å². The van der Waals surface area contributed by atoms with E-state index in [1.165, 1.54) is 212 Å². The van der Waals surface area contributed by atoms with Gasteiger partial charge in [0.2, 0.25) is 0 Å². The molecule has 6 heteroatoms. The minimum atomic E-state index is -0.775. The number of hydrogen-bond donors (Lipinski definition) is 0. The molecule has 0 saturated carbocycles. The van der Waals surface area contributed by atoms with Crippen molar-refractivity contribution in [2.45, 2.75) is 335 Å². The van der Waals surface area contributed by atoms with Gasteiger partial charge in [0.05, 0.1) is 0 Å². The van der Waals surface area contributed by atoms with Gasteiger partial charge in [0.1, 0.15) is 13.2 Å². The number of ether oxygens (including phenoxy) is 3. The third-order valence-electron chi connectivity index (χ3n) is 13.8. The van der Waals surface area contributed by atoms with Crippen LogP contribution in [-0.2, 0) is 28.6 Å². The Morgan fingerprint density at radius 2 is 0.507 bits per heavy atom. The lowest BCUT2D eigenvalue weighted by molar-refractivity contribution is -0.167. The van der Waals surface area contributed by atoms with Crippen LogP contribution in [0.1, 0.15) is 329 Å². The molecule has 0 rings (SSSR count). The highest BCUT2D eigenvalue weighted by molar-refractivity contribution is 5.71. The van der Waals surface area contributed by atoms with Crippen molar-refractivity contribution in [3.05, 3.63) is 48.6 Å². The van der Waals surface area contributed by atoms with Crippen molar-refractivity contribution < 1.29 is 28.6 Å². The summed E-state index contributed by atoms with van der Waals surface area (Å²) in [6.45, 7) is 6.64. The number of carbonyl (C=O) groups excluding carboxylic acids is 3. The van der Waals surface area contributed by atoms with Gasteiger partial charge in [-0.05, 0) is 83.5 Å². The first kappa shape index (κ1) is 68.4. The Morgan fingerprint density at radius 1 is 0.282 bits per heavy atom. The van der Waals surface area contributed by atoms with Gasteiger partial charge >= 0.3 is 17.9 Å². The highest BCUT2D eigenvalue weighted by Gasteiger charge is 2.19. The molecule has 0 heterocycles. The fraction of sp³-hybridized carbons (Fsp3) is 0.831. The third kappa shape index (κ3) is 58.1. The maximum absolute atomic E-state index is 12.8. The van der Waals surface area contributed by atoms with E-state index >= 15 is 0 Å². The van der Waals surface area contributed by atoms with Crippen LogP contribution in [0.15, 0.2) is 48.6 Å². The normalized spacial score (nSPS) is 12.3. The number of esters is 3. The fourth-order valence-electron chi connectivity index (χ4n) is 9.09. The second-order valence-electron chi connectivity index (χ2n) is 21.0. The molecule has 1 unspecified atom stereocenters. The molecule has 0 radical (unpaired) electrons. The highest BCUT2D eigenvalue weighted by Crippen LogP contribution is 2.16. The summed E-state index contributed by atoms with van der Waals surface area (Å²) in [6.07, 6.45) is 74.1. The van der Waals surface area contributed by atoms with Gasteiger partial charge in [-0.25, -0.2) is 0 Å². The molecule has 0 aliphatic rings. The molecule has 0 aliphatic carbocycles. The topological polar surface area (TPSA) is 78.9 Å². The Labute approximate surface area is 441 Å². The lowest BCUT2D eigenvalue weighted by Crippen LogP contribution is -2.30. The van der Waals surface area contributed by atoms with Crippen LogP contribution in [0.2, 0.25) is 0 Å². The third-order valence-corrected chi connectivity index (χ3v) is 13.8. The maximum atomic E-state index is 12.8. The van der Waals surface area contributed by atoms with E-state index in [9.17, 15) is 14.4 Å². The molecule has 6 nitrogen and oxygen atoms in total. The number of rotatable bonds is 57. The molecule has 0 amide bonds. The molecule has 0 spiro atoms. The zero-order chi connectivity index (χ0) is 51.4. The molecule has 0 bridgehead atoms.